The Morgan fingerprint density at radius 1 is 1.23 bits per heavy atom. The van der Waals surface area contributed by atoms with Crippen molar-refractivity contribution in [3.05, 3.63) is 5.01 Å². The Morgan fingerprint density at radius 3 is 2.62 bits per heavy atom. The lowest BCUT2D eigenvalue weighted by atomic mass is 10.1. The molecular weight excluding hydrogens is 184 g/mol. The van der Waals surface area contributed by atoms with Crippen molar-refractivity contribution < 1.29 is 0 Å². The number of nitrogen functional groups attached to an aromatic ring is 1. The van der Waals surface area contributed by atoms with Crippen LogP contribution in [0.15, 0.2) is 0 Å². The van der Waals surface area contributed by atoms with Gasteiger partial charge in [-0.2, -0.15) is 0 Å². The average molecular weight is 198 g/mol. The number of hydrogen-bond donors (Lipinski definition) is 1. The minimum atomic E-state index is 0.576. The summed E-state index contributed by atoms with van der Waals surface area (Å²) in [5, 5.41) is 9.43. The molecule has 0 aromatic carbocycles. The van der Waals surface area contributed by atoms with E-state index < -0.39 is 0 Å². The summed E-state index contributed by atoms with van der Waals surface area (Å²) >= 11 is 1.50. The van der Waals surface area contributed by atoms with E-state index in [-0.39, 0.29) is 0 Å². The van der Waals surface area contributed by atoms with Crippen molar-refractivity contribution in [3.8, 4) is 0 Å². The maximum Gasteiger partial charge on any atom is 0.203 e. The van der Waals surface area contributed by atoms with E-state index in [2.05, 4.69) is 15.1 Å². The van der Waals surface area contributed by atoms with Gasteiger partial charge in [-0.05, 0) is 25.9 Å². The first kappa shape index (κ1) is 8.90. The lowest BCUT2D eigenvalue weighted by Gasteiger charge is -2.24. The van der Waals surface area contributed by atoms with Gasteiger partial charge in [0, 0.05) is 0 Å². The van der Waals surface area contributed by atoms with Crippen LogP contribution < -0.4 is 5.73 Å². The van der Waals surface area contributed by atoms with E-state index in [1.54, 1.807) is 0 Å². The summed E-state index contributed by atoms with van der Waals surface area (Å²) in [5.74, 6) is 0. The molecule has 1 fully saturated rings. The van der Waals surface area contributed by atoms with Gasteiger partial charge in [0.1, 0.15) is 5.01 Å². The van der Waals surface area contributed by atoms with Crippen LogP contribution in [0.2, 0.25) is 0 Å². The highest BCUT2D eigenvalue weighted by atomic mass is 32.1. The lowest BCUT2D eigenvalue weighted by molar-refractivity contribution is 0.220. The number of nitrogens with zero attached hydrogens (tertiary/aromatic N) is 3. The topological polar surface area (TPSA) is 55.0 Å². The normalized spacial score (nSPS) is 19.1. The van der Waals surface area contributed by atoms with Crippen molar-refractivity contribution in [3.63, 3.8) is 0 Å². The predicted molar refractivity (Wildman–Crippen MR) is 53.4 cm³/mol. The van der Waals surface area contributed by atoms with Crippen molar-refractivity contribution >= 4 is 16.5 Å². The molecule has 0 bridgehead atoms. The Balaban J connectivity index is 1.89. The summed E-state index contributed by atoms with van der Waals surface area (Å²) in [6.07, 6.45) is 4.00. The van der Waals surface area contributed by atoms with Crippen molar-refractivity contribution in [1.29, 1.82) is 0 Å². The number of nitrogens with two attached hydrogens (primary N) is 1. The van der Waals surface area contributed by atoms with Crippen LogP contribution in [0.3, 0.4) is 0 Å². The number of likely N-dealkylation sites (tertiary alicyclic amines) is 1. The standard InChI is InChI=1S/C8H14N4S/c9-8-11-10-7(13-8)6-12-4-2-1-3-5-12/h1-6H2,(H2,9,11). The molecule has 5 heteroatoms. The zero-order valence-electron chi connectivity index (χ0n) is 7.57. The van der Waals surface area contributed by atoms with Crippen molar-refractivity contribution in [2.24, 2.45) is 0 Å². The Bertz CT molecular complexity index is 267. The van der Waals surface area contributed by atoms with Gasteiger partial charge in [0.15, 0.2) is 0 Å². The smallest absolute Gasteiger partial charge is 0.203 e. The third-order valence-electron chi connectivity index (χ3n) is 2.29. The zero-order valence-corrected chi connectivity index (χ0v) is 8.39. The van der Waals surface area contributed by atoms with E-state index >= 15 is 0 Å². The minimum Gasteiger partial charge on any atom is -0.374 e. The first-order valence-electron chi connectivity index (χ1n) is 4.65. The summed E-state index contributed by atoms with van der Waals surface area (Å²) in [6.45, 7) is 3.31. The molecule has 1 aliphatic heterocycles. The highest BCUT2D eigenvalue weighted by molar-refractivity contribution is 7.15. The number of rotatable bonds is 2. The minimum absolute atomic E-state index is 0.576. The fraction of sp³-hybridized carbons (Fsp3) is 0.750. The zero-order chi connectivity index (χ0) is 9.10. The molecule has 0 radical (unpaired) electrons. The Kier molecular flexibility index (Phi) is 2.75. The molecule has 2 heterocycles. The molecule has 1 aromatic heterocycles. The fourth-order valence-corrected chi connectivity index (χ4v) is 2.29. The van der Waals surface area contributed by atoms with Crippen LogP contribution in [-0.4, -0.2) is 28.2 Å². The molecule has 13 heavy (non-hydrogen) atoms. The third-order valence-corrected chi connectivity index (χ3v) is 3.03. The van der Waals surface area contributed by atoms with Gasteiger partial charge < -0.3 is 5.73 Å². The van der Waals surface area contributed by atoms with Crippen molar-refractivity contribution in [2.45, 2.75) is 25.8 Å². The number of anilines is 1. The summed E-state index contributed by atoms with van der Waals surface area (Å²) in [6, 6.07) is 0. The molecule has 0 amide bonds. The summed E-state index contributed by atoms with van der Waals surface area (Å²) < 4.78 is 0. The molecule has 72 valence electrons. The van der Waals surface area contributed by atoms with E-state index in [0.717, 1.165) is 11.6 Å². The summed E-state index contributed by atoms with van der Waals surface area (Å²) in [4.78, 5) is 2.42. The van der Waals surface area contributed by atoms with E-state index in [4.69, 9.17) is 5.73 Å². The van der Waals surface area contributed by atoms with Crippen LogP contribution in [0.4, 0.5) is 5.13 Å². The van der Waals surface area contributed by atoms with Gasteiger partial charge in [0.2, 0.25) is 5.13 Å². The van der Waals surface area contributed by atoms with Gasteiger partial charge in [-0.15, -0.1) is 10.2 Å². The Labute approximate surface area is 81.8 Å². The lowest BCUT2D eigenvalue weighted by Crippen LogP contribution is -2.28. The number of aromatic nitrogens is 2. The van der Waals surface area contributed by atoms with Gasteiger partial charge in [0.25, 0.3) is 0 Å². The largest absolute Gasteiger partial charge is 0.374 e. The van der Waals surface area contributed by atoms with Crippen LogP contribution in [0.5, 0.6) is 0 Å². The first-order chi connectivity index (χ1) is 6.34. The van der Waals surface area contributed by atoms with Gasteiger partial charge in [-0.3, -0.25) is 4.90 Å². The molecule has 0 saturated carbocycles. The van der Waals surface area contributed by atoms with Gasteiger partial charge in [-0.25, -0.2) is 0 Å². The molecule has 0 atom stereocenters. The molecule has 0 aliphatic carbocycles. The predicted octanol–water partition coefficient (Wildman–Crippen LogP) is 1.11. The molecule has 2 N–H and O–H groups in total. The molecule has 0 unspecified atom stereocenters. The maximum atomic E-state index is 5.51. The van der Waals surface area contributed by atoms with Gasteiger partial charge in [-0.1, -0.05) is 17.8 Å². The molecule has 0 spiro atoms. The third kappa shape index (κ3) is 2.38. The van der Waals surface area contributed by atoms with Gasteiger partial charge in [0.05, 0.1) is 6.54 Å². The van der Waals surface area contributed by atoms with Crippen LogP contribution in [0, 0.1) is 0 Å². The van der Waals surface area contributed by atoms with E-state index in [0.29, 0.717) is 5.13 Å². The number of hydrogen-bond acceptors (Lipinski definition) is 5. The summed E-state index contributed by atoms with van der Waals surface area (Å²) in [5.41, 5.74) is 5.51. The van der Waals surface area contributed by atoms with Crippen LogP contribution in [-0.2, 0) is 6.54 Å². The number of piperidine rings is 1. The van der Waals surface area contributed by atoms with Crippen LogP contribution in [0.25, 0.3) is 0 Å². The second kappa shape index (κ2) is 4.02. The Hall–Kier alpha value is -0.680. The highest BCUT2D eigenvalue weighted by Gasteiger charge is 2.12. The fourth-order valence-electron chi connectivity index (χ4n) is 1.64. The van der Waals surface area contributed by atoms with E-state index in [1.165, 1.54) is 43.7 Å². The SMILES string of the molecule is Nc1nnc(CN2CCCCC2)s1. The molecule has 1 aromatic rings. The second-order valence-electron chi connectivity index (χ2n) is 3.37. The molecule has 4 nitrogen and oxygen atoms in total. The Morgan fingerprint density at radius 2 is 2.00 bits per heavy atom. The first-order valence-corrected chi connectivity index (χ1v) is 5.46. The monoisotopic (exact) mass is 198 g/mol. The van der Waals surface area contributed by atoms with Crippen LogP contribution in [0.1, 0.15) is 24.3 Å². The van der Waals surface area contributed by atoms with E-state index in [9.17, 15) is 0 Å². The quantitative estimate of drug-likeness (QED) is 0.773. The van der Waals surface area contributed by atoms with Gasteiger partial charge >= 0.3 is 0 Å². The van der Waals surface area contributed by atoms with Crippen molar-refractivity contribution in [1.82, 2.24) is 15.1 Å². The highest BCUT2D eigenvalue weighted by Crippen LogP contribution is 2.16. The molecule has 2 rings (SSSR count). The van der Waals surface area contributed by atoms with Crippen molar-refractivity contribution in [2.75, 3.05) is 18.8 Å². The van der Waals surface area contributed by atoms with Crippen LogP contribution >= 0.6 is 11.3 Å². The molecule has 1 saturated heterocycles. The average Bonchev–Trinajstić information content (AvgIpc) is 2.53. The van der Waals surface area contributed by atoms with E-state index in [1.807, 2.05) is 0 Å². The molecular formula is C8H14N4S. The molecule has 1 aliphatic rings. The summed E-state index contributed by atoms with van der Waals surface area (Å²) in [7, 11) is 0. The maximum absolute atomic E-state index is 5.51. The second-order valence-corrected chi connectivity index (χ2v) is 4.46.